The van der Waals surface area contributed by atoms with Crippen LogP contribution in [-0.4, -0.2) is 29.6 Å². The lowest BCUT2D eigenvalue weighted by molar-refractivity contribution is -0.138. The standard InChI is InChI=1S/C20H36N2O3/c1-2-3-4-5-6-7-8-9-10-11-12-16-19(23)22-17-14-13-15-18(21)20(24)25/h6-7,9-10,18H,2-5,8,11-17,21H2,1H3,(H,22,23)(H,24,25)/b7-6-,10-9-/t18-/m0/s1. The van der Waals surface area contributed by atoms with Gasteiger partial charge in [0.1, 0.15) is 6.04 Å². The van der Waals surface area contributed by atoms with Gasteiger partial charge in [-0.15, -0.1) is 0 Å². The van der Waals surface area contributed by atoms with Gasteiger partial charge in [-0.3, -0.25) is 9.59 Å². The molecule has 0 aromatic heterocycles. The molecule has 0 heterocycles. The van der Waals surface area contributed by atoms with Gasteiger partial charge in [0.05, 0.1) is 0 Å². The fourth-order valence-electron chi connectivity index (χ4n) is 2.33. The summed E-state index contributed by atoms with van der Waals surface area (Å²) < 4.78 is 0. The number of rotatable bonds is 16. The SMILES string of the molecule is CCCCC/C=C\C/C=C\CCCC(=O)NCCCC[C@H](N)C(=O)O. The molecule has 4 N–H and O–H groups in total. The third-order valence-electron chi connectivity index (χ3n) is 3.94. The molecule has 0 radical (unpaired) electrons. The number of carbonyl (C=O) groups is 2. The van der Waals surface area contributed by atoms with Crippen LogP contribution in [0.2, 0.25) is 0 Å². The van der Waals surface area contributed by atoms with Crippen LogP contribution in [-0.2, 0) is 9.59 Å². The number of hydrogen-bond donors (Lipinski definition) is 3. The van der Waals surface area contributed by atoms with E-state index in [2.05, 4.69) is 36.5 Å². The van der Waals surface area contributed by atoms with Gasteiger partial charge in [-0.1, -0.05) is 44.1 Å². The summed E-state index contributed by atoms with van der Waals surface area (Å²) in [4.78, 5) is 22.2. The van der Waals surface area contributed by atoms with Gasteiger partial charge in [-0.05, 0) is 51.4 Å². The quantitative estimate of drug-likeness (QED) is 0.290. The highest BCUT2D eigenvalue weighted by atomic mass is 16.4. The normalized spacial score (nSPS) is 12.7. The van der Waals surface area contributed by atoms with E-state index in [9.17, 15) is 9.59 Å². The molecule has 144 valence electrons. The minimum Gasteiger partial charge on any atom is -0.480 e. The van der Waals surface area contributed by atoms with Crippen molar-refractivity contribution in [2.24, 2.45) is 5.73 Å². The van der Waals surface area contributed by atoms with Crippen molar-refractivity contribution in [1.29, 1.82) is 0 Å². The lowest BCUT2D eigenvalue weighted by atomic mass is 10.1. The predicted molar refractivity (Wildman–Crippen MR) is 103 cm³/mol. The molecule has 1 atom stereocenters. The number of allylic oxidation sites excluding steroid dienone is 4. The lowest BCUT2D eigenvalue weighted by Crippen LogP contribution is -2.30. The van der Waals surface area contributed by atoms with Crippen LogP contribution in [0.3, 0.4) is 0 Å². The zero-order valence-electron chi connectivity index (χ0n) is 15.7. The molecular weight excluding hydrogens is 316 g/mol. The summed E-state index contributed by atoms with van der Waals surface area (Å²) in [7, 11) is 0. The number of unbranched alkanes of at least 4 members (excludes halogenated alkanes) is 5. The van der Waals surface area contributed by atoms with E-state index in [-0.39, 0.29) is 5.91 Å². The van der Waals surface area contributed by atoms with Crippen molar-refractivity contribution in [2.45, 2.75) is 83.6 Å². The number of nitrogens with one attached hydrogen (secondary N) is 1. The van der Waals surface area contributed by atoms with Crippen molar-refractivity contribution >= 4 is 11.9 Å². The molecule has 0 aliphatic heterocycles. The average Bonchev–Trinajstić information content (AvgIpc) is 2.59. The number of aliphatic carboxylic acids is 1. The molecule has 5 nitrogen and oxygen atoms in total. The first-order chi connectivity index (χ1) is 12.1. The summed E-state index contributed by atoms with van der Waals surface area (Å²) in [5, 5.41) is 11.5. The Balaban J connectivity index is 3.43. The largest absolute Gasteiger partial charge is 0.480 e. The van der Waals surface area contributed by atoms with Crippen molar-refractivity contribution in [1.82, 2.24) is 5.32 Å². The monoisotopic (exact) mass is 352 g/mol. The van der Waals surface area contributed by atoms with Crippen molar-refractivity contribution in [3.05, 3.63) is 24.3 Å². The van der Waals surface area contributed by atoms with E-state index in [4.69, 9.17) is 10.8 Å². The molecule has 0 aliphatic carbocycles. The van der Waals surface area contributed by atoms with Crippen LogP contribution in [0.4, 0.5) is 0 Å². The van der Waals surface area contributed by atoms with Crippen molar-refractivity contribution in [3.8, 4) is 0 Å². The van der Waals surface area contributed by atoms with Gasteiger partial charge in [-0.2, -0.15) is 0 Å². The van der Waals surface area contributed by atoms with Gasteiger partial charge in [0, 0.05) is 13.0 Å². The fraction of sp³-hybridized carbons (Fsp3) is 0.700. The molecule has 0 aromatic carbocycles. The van der Waals surface area contributed by atoms with Gasteiger partial charge in [0.15, 0.2) is 0 Å². The highest BCUT2D eigenvalue weighted by molar-refractivity contribution is 5.75. The highest BCUT2D eigenvalue weighted by Gasteiger charge is 2.10. The van der Waals surface area contributed by atoms with Gasteiger partial charge < -0.3 is 16.2 Å². The molecule has 5 heteroatoms. The summed E-state index contributed by atoms with van der Waals surface area (Å²) in [6, 6.07) is -0.798. The maximum atomic E-state index is 11.6. The van der Waals surface area contributed by atoms with Crippen LogP contribution in [0, 0.1) is 0 Å². The Morgan fingerprint density at radius 2 is 1.68 bits per heavy atom. The van der Waals surface area contributed by atoms with E-state index in [0.29, 0.717) is 25.8 Å². The van der Waals surface area contributed by atoms with Crippen molar-refractivity contribution in [3.63, 3.8) is 0 Å². The Labute approximate surface area is 152 Å². The van der Waals surface area contributed by atoms with E-state index in [1.54, 1.807) is 0 Å². The van der Waals surface area contributed by atoms with Gasteiger partial charge in [0.25, 0.3) is 0 Å². The van der Waals surface area contributed by atoms with Crippen LogP contribution in [0.25, 0.3) is 0 Å². The van der Waals surface area contributed by atoms with E-state index in [1.807, 2.05) is 0 Å². The molecule has 0 saturated carbocycles. The number of amides is 1. The maximum Gasteiger partial charge on any atom is 0.320 e. The first kappa shape index (κ1) is 23.4. The Morgan fingerprint density at radius 3 is 2.32 bits per heavy atom. The molecule has 0 aromatic rings. The Kier molecular flexibility index (Phi) is 16.1. The minimum atomic E-state index is -0.968. The molecule has 0 bridgehead atoms. The summed E-state index contributed by atoms with van der Waals surface area (Å²) in [6.07, 6.45) is 19.0. The third-order valence-corrected chi connectivity index (χ3v) is 3.94. The smallest absolute Gasteiger partial charge is 0.320 e. The van der Waals surface area contributed by atoms with Crippen LogP contribution < -0.4 is 11.1 Å². The van der Waals surface area contributed by atoms with Crippen molar-refractivity contribution in [2.75, 3.05) is 6.54 Å². The summed E-state index contributed by atoms with van der Waals surface area (Å²) in [5.41, 5.74) is 5.41. The summed E-state index contributed by atoms with van der Waals surface area (Å²) in [6.45, 7) is 2.80. The first-order valence-electron chi connectivity index (χ1n) is 9.63. The highest BCUT2D eigenvalue weighted by Crippen LogP contribution is 2.02. The van der Waals surface area contributed by atoms with E-state index in [1.165, 1.54) is 25.7 Å². The molecule has 1 amide bonds. The van der Waals surface area contributed by atoms with E-state index < -0.39 is 12.0 Å². The van der Waals surface area contributed by atoms with Crippen LogP contribution in [0.5, 0.6) is 0 Å². The second-order valence-electron chi connectivity index (χ2n) is 6.36. The van der Waals surface area contributed by atoms with Crippen LogP contribution in [0.15, 0.2) is 24.3 Å². The van der Waals surface area contributed by atoms with Crippen LogP contribution >= 0.6 is 0 Å². The number of carboxylic acid groups (broad SMARTS) is 1. The molecule has 0 saturated heterocycles. The van der Waals surface area contributed by atoms with Crippen molar-refractivity contribution < 1.29 is 14.7 Å². The van der Waals surface area contributed by atoms with E-state index in [0.717, 1.165) is 25.7 Å². The number of carbonyl (C=O) groups excluding carboxylic acids is 1. The number of carboxylic acids is 1. The summed E-state index contributed by atoms with van der Waals surface area (Å²) >= 11 is 0. The number of hydrogen-bond acceptors (Lipinski definition) is 3. The second kappa shape index (κ2) is 17.2. The molecular formula is C20H36N2O3. The number of nitrogens with two attached hydrogens (primary N) is 1. The molecule has 25 heavy (non-hydrogen) atoms. The minimum absolute atomic E-state index is 0.0618. The molecule has 0 fully saturated rings. The van der Waals surface area contributed by atoms with Gasteiger partial charge in [-0.25, -0.2) is 0 Å². The van der Waals surface area contributed by atoms with Gasteiger partial charge in [0.2, 0.25) is 5.91 Å². The van der Waals surface area contributed by atoms with Gasteiger partial charge >= 0.3 is 5.97 Å². The Bertz CT molecular complexity index is 406. The zero-order chi connectivity index (χ0) is 18.8. The molecule has 0 spiro atoms. The predicted octanol–water partition coefficient (Wildman–Crippen LogP) is 3.94. The summed E-state index contributed by atoms with van der Waals surface area (Å²) in [5.74, 6) is -0.907. The zero-order valence-corrected chi connectivity index (χ0v) is 15.7. The Morgan fingerprint density at radius 1 is 1.00 bits per heavy atom. The Hall–Kier alpha value is -1.62. The topological polar surface area (TPSA) is 92.4 Å². The lowest BCUT2D eigenvalue weighted by Gasteiger charge is -2.07. The molecule has 0 rings (SSSR count). The second-order valence-corrected chi connectivity index (χ2v) is 6.36. The first-order valence-corrected chi connectivity index (χ1v) is 9.63. The van der Waals surface area contributed by atoms with E-state index >= 15 is 0 Å². The van der Waals surface area contributed by atoms with Crippen LogP contribution in [0.1, 0.15) is 77.6 Å². The molecule has 0 aliphatic rings. The average molecular weight is 353 g/mol. The maximum absolute atomic E-state index is 11.6. The third kappa shape index (κ3) is 17.0. The fourth-order valence-corrected chi connectivity index (χ4v) is 2.33. The molecule has 0 unspecified atom stereocenters.